The van der Waals surface area contributed by atoms with E-state index in [0.717, 1.165) is 5.56 Å². The fourth-order valence-corrected chi connectivity index (χ4v) is 1.34. The number of aliphatic hydroxyl groups excluding tert-OH is 1. The standard InChI is InChI=1S/C9H8O3/c10-5-7-6-3-1-2-4-8(6)12-9(7)11/h1-4,7,10H,5H2. The molecular weight excluding hydrogens is 156 g/mol. The Balaban J connectivity index is 2.47. The molecule has 3 heteroatoms. The minimum atomic E-state index is -0.485. The Hall–Kier alpha value is -1.35. The average Bonchev–Trinajstić information content (AvgIpc) is 2.40. The summed E-state index contributed by atoms with van der Waals surface area (Å²) in [5.41, 5.74) is 0.782. The van der Waals surface area contributed by atoms with Crippen LogP contribution in [-0.4, -0.2) is 17.7 Å². The van der Waals surface area contributed by atoms with Gasteiger partial charge in [0.15, 0.2) is 0 Å². The van der Waals surface area contributed by atoms with Crippen molar-refractivity contribution < 1.29 is 14.6 Å². The summed E-state index contributed by atoms with van der Waals surface area (Å²) in [5, 5.41) is 8.88. The van der Waals surface area contributed by atoms with Gasteiger partial charge in [-0.2, -0.15) is 0 Å². The quantitative estimate of drug-likeness (QED) is 0.490. The number of para-hydroxylation sites is 1. The van der Waals surface area contributed by atoms with Crippen LogP contribution in [0.15, 0.2) is 24.3 Å². The molecule has 1 aliphatic rings. The Morgan fingerprint density at radius 3 is 2.92 bits per heavy atom. The number of esters is 1. The predicted octanol–water partition coefficient (Wildman–Crippen LogP) is 0.681. The van der Waals surface area contributed by atoms with Gasteiger partial charge in [0, 0.05) is 5.56 Å². The number of hydrogen-bond donors (Lipinski definition) is 1. The van der Waals surface area contributed by atoms with Crippen LogP contribution in [0.25, 0.3) is 0 Å². The van der Waals surface area contributed by atoms with E-state index >= 15 is 0 Å². The minimum Gasteiger partial charge on any atom is -0.426 e. The van der Waals surface area contributed by atoms with E-state index in [-0.39, 0.29) is 12.6 Å². The van der Waals surface area contributed by atoms with Crippen molar-refractivity contribution in [1.82, 2.24) is 0 Å². The van der Waals surface area contributed by atoms with E-state index in [1.54, 1.807) is 18.2 Å². The summed E-state index contributed by atoms with van der Waals surface area (Å²) in [5.74, 6) is -0.276. The zero-order valence-electron chi connectivity index (χ0n) is 6.36. The number of aliphatic hydroxyl groups is 1. The molecule has 0 amide bonds. The first-order valence-corrected chi connectivity index (χ1v) is 3.74. The number of carbonyl (C=O) groups is 1. The van der Waals surface area contributed by atoms with Crippen molar-refractivity contribution in [3.05, 3.63) is 29.8 Å². The summed E-state index contributed by atoms with van der Waals surface area (Å²) in [7, 11) is 0. The predicted molar refractivity (Wildman–Crippen MR) is 41.9 cm³/mol. The topological polar surface area (TPSA) is 46.5 Å². The molecule has 2 rings (SSSR count). The Kier molecular flexibility index (Phi) is 1.59. The first-order chi connectivity index (χ1) is 5.83. The largest absolute Gasteiger partial charge is 0.426 e. The van der Waals surface area contributed by atoms with Crippen LogP contribution >= 0.6 is 0 Å². The molecule has 1 unspecified atom stereocenters. The molecule has 3 nitrogen and oxygen atoms in total. The van der Waals surface area contributed by atoms with Crippen molar-refractivity contribution in [2.24, 2.45) is 0 Å². The molecule has 62 valence electrons. The van der Waals surface area contributed by atoms with Gasteiger partial charge in [-0.3, -0.25) is 4.79 Å². The zero-order chi connectivity index (χ0) is 8.55. The van der Waals surface area contributed by atoms with Crippen molar-refractivity contribution in [3.8, 4) is 5.75 Å². The molecule has 1 heterocycles. The molecular formula is C9H8O3. The lowest BCUT2D eigenvalue weighted by molar-refractivity contribution is -0.134. The second-order valence-corrected chi connectivity index (χ2v) is 2.69. The van der Waals surface area contributed by atoms with Gasteiger partial charge in [0.05, 0.1) is 6.61 Å². The van der Waals surface area contributed by atoms with Crippen LogP contribution in [-0.2, 0) is 4.79 Å². The molecule has 0 aliphatic carbocycles. The Labute approximate surface area is 69.6 Å². The summed E-state index contributed by atoms with van der Waals surface area (Å²) < 4.78 is 4.91. The summed E-state index contributed by atoms with van der Waals surface area (Å²) in [4.78, 5) is 11.1. The van der Waals surface area contributed by atoms with E-state index in [1.807, 2.05) is 6.07 Å². The summed E-state index contributed by atoms with van der Waals surface area (Å²) in [6, 6.07) is 7.14. The van der Waals surface area contributed by atoms with Gasteiger partial charge < -0.3 is 9.84 Å². The molecule has 1 aromatic carbocycles. The van der Waals surface area contributed by atoms with Gasteiger partial charge in [0.2, 0.25) is 0 Å². The Morgan fingerprint density at radius 2 is 2.17 bits per heavy atom. The van der Waals surface area contributed by atoms with Gasteiger partial charge in [-0.05, 0) is 6.07 Å². The normalized spacial score (nSPS) is 20.4. The number of hydrogen-bond acceptors (Lipinski definition) is 3. The number of fused-ring (bicyclic) bond motifs is 1. The van der Waals surface area contributed by atoms with Crippen LogP contribution in [0.5, 0.6) is 5.75 Å². The molecule has 12 heavy (non-hydrogen) atoms. The summed E-state index contributed by atoms with van der Waals surface area (Å²) in [6.07, 6.45) is 0. The van der Waals surface area contributed by atoms with E-state index in [4.69, 9.17) is 9.84 Å². The van der Waals surface area contributed by atoms with E-state index < -0.39 is 5.92 Å². The SMILES string of the molecule is O=C1Oc2ccccc2C1CO. The van der Waals surface area contributed by atoms with Crippen molar-refractivity contribution in [3.63, 3.8) is 0 Å². The number of ether oxygens (including phenoxy) is 1. The average molecular weight is 164 g/mol. The lowest BCUT2D eigenvalue weighted by Crippen LogP contribution is -2.13. The second kappa shape index (κ2) is 2.60. The van der Waals surface area contributed by atoms with E-state index in [0.29, 0.717) is 5.75 Å². The van der Waals surface area contributed by atoms with Gasteiger partial charge in [-0.15, -0.1) is 0 Å². The first-order valence-electron chi connectivity index (χ1n) is 3.74. The van der Waals surface area contributed by atoms with Crippen molar-refractivity contribution in [2.75, 3.05) is 6.61 Å². The third kappa shape index (κ3) is 0.905. The molecule has 0 saturated heterocycles. The van der Waals surface area contributed by atoms with Gasteiger partial charge in [-0.25, -0.2) is 0 Å². The maximum atomic E-state index is 11.1. The van der Waals surface area contributed by atoms with Crippen LogP contribution in [0.2, 0.25) is 0 Å². The smallest absolute Gasteiger partial charge is 0.321 e. The molecule has 1 aromatic rings. The molecule has 1 aliphatic heterocycles. The van der Waals surface area contributed by atoms with Gasteiger partial charge in [-0.1, -0.05) is 18.2 Å². The van der Waals surface area contributed by atoms with Gasteiger partial charge >= 0.3 is 5.97 Å². The molecule has 0 spiro atoms. The number of carbonyl (C=O) groups excluding carboxylic acids is 1. The monoisotopic (exact) mass is 164 g/mol. The Morgan fingerprint density at radius 1 is 1.42 bits per heavy atom. The number of rotatable bonds is 1. The van der Waals surface area contributed by atoms with Crippen LogP contribution in [0.4, 0.5) is 0 Å². The lowest BCUT2D eigenvalue weighted by Gasteiger charge is -1.99. The van der Waals surface area contributed by atoms with Gasteiger partial charge in [0.25, 0.3) is 0 Å². The maximum Gasteiger partial charge on any atom is 0.321 e. The van der Waals surface area contributed by atoms with Crippen LogP contribution < -0.4 is 4.74 Å². The summed E-state index contributed by atoms with van der Waals surface area (Å²) >= 11 is 0. The van der Waals surface area contributed by atoms with E-state index in [2.05, 4.69) is 0 Å². The number of benzene rings is 1. The highest BCUT2D eigenvalue weighted by Crippen LogP contribution is 2.33. The highest BCUT2D eigenvalue weighted by molar-refractivity contribution is 5.86. The second-order valence-electron chi connectivity index (χ2n) is 2.69. The third-order valence-corrected chi connectivity index (χ3v) is 1.97. The molecule has 1 atom stereocenters. The fraction of sp³-hybridized carbons (Fsp3) is 0.222. The summed E-state index contributed by atoms with van der Waals surface area (Å²) in [6.45, 7) is -0.185. The van der Waals surface area contributed by atoms with Crippen molar-refractivity contribution >= 4 is 5.97 Å². The molecule has 0 bridgehead atoms. The van der Waals surface area contributed by atoms with E-state index in [1.165, 1.54) is 0 Å². The third-order valence-electron chi connectivity index (χ3n) is 1.97. The minimum absolute atomic E-state index is 0.185. The first kappa shape index (κ1) is 7.31. The van der Waals surface area contributed by atoms with Crippen LogP contribution in [0.3, 0.4) is 0 Å². The molecule has 0 fully saturated rings. The highest BCUT2D eigenvalue weighted by Gasteiger charge is 2.31. The molecule has 0 saturated carbocycles. The van der Waals surface area contributed by atoms with Crippen LogP contribution in [0.1, 0.15) is 11.5 Å². The molecule has 0 aromatic heterocycles. The zero-order valence-corrected chi connectivity index (χ0v) is 6.36. The lowest BCUT2D eigenvalue weighted by atomic mass is 10.0. The van der Waals surface area contributed by atoms with Crippen LogP contribution in [0, 0.1) is 0 Å². The van der Waals surface area contributed by atoms with E-state index in [9.17, 15) is 4.79 Å². The van der Waals surface area contributed by atoms with Gasteiger partial charge in [0.1, 0.15) is 11.7 Å². The maximum absolute atomic E-state index is 11.1. The fourth-order valence-electron chi connectivity index (χ4n) is 1.34. The van der Waals surface area contributed by atoms with Crippen molar-refractivity contribution in [1.29, 1.82) is 0 Å². The van der Waals surface area contributed by atoms with Crippen molar-refractivity contribution in [2.45, 2.75) is 5.92 Å². The molecule has 1 N–H and O–H groups in total. The Bertz CT molecular complexity index is 319. The highest BCUT2D eigenvalue weighted by atomic mass is 16.5. The molecule has 0 radical (unpaired) electrons.